The molecule has 1 fully saturated rings. The second-order valence-corrected chi connectivity index (χ2v) is 9.35. The third kappa shape index (κ3) is 5.59. The molecule has 10 nitrogen and oxygen atoms in total. The minimum absolute atomic E-state index is 0.0639. The number of phenolic OH excluding ortho intramolecular Hbond substituents is 1. The standard InChI is InChI=1S/C29H33N7O3/c1-3-34-28(38)27(33)36(19-12-10-17(11-13-19)20-9-6-14-35-29(20)39-2)26(32)22-15-21(23(30)16-24(22)37)25(31)18-7-4-5-8-18/h6,9-16,18,31-33,37H,3-5,7-8,30H2,1-2H3,(H,34,38). The van der Waals surface area contributed by atoms with Crippen molar-refractivity contribution in [3.63, 3.8) is 0 Å². The fourth-order valence-corrected chi connectivity index (χ4v) is 4.86. The van der Waals surface area contributed by atoms with Crippen LogP contribution in [0.1, 0.15) is 43.7 Å². The molecule has 0 radical (unpaired) electrons. The number of rotatable bonds is 7. The fourth-order valence-electron chi connectivity index (χ4n) is 4.86. The molecular weight excluding hydrogens is 494 g/mol. The van der Waals surface area contributed by atoms with Crippen molar-refractivity contribution in [2.75, 3.05) is 24.3 Å². The number of amidine groups is 2. The van der Waals surface area contributed by atoms with Crippen molar-refractivity contribution in [3.8, 4) is 22.8 Å². The van der Waals surface area contributed by atoms with Crippen molar-refractivity contribution in [2.24, 2.45) is 5.92 Å². The molecule has 0 unspecified atom stereocenters. The van der Waals surface area contributed by atoms with Gasteiger partial charge in [0.05, 0.1) is 12.7 Å². The molecule has 0 aliphatic heterocycles. The highest BCUT2D eigenvalue weighted by atomic mass is 16.5. The smallest absolute Gasteiger partial charge is 0.287 e. The summed E-state index contributed by atoms with van der Waals surface area (Å²) in [5.74, 6) is -1.21. The number of benzene rings is 2. The number of anilines is 2. The summed E-state index contributed by atoms with van der Waals surface area (Å²) < 4.78 is 5.36. The number of hydrogen-bond donors (Lipinski definition) is 6. The molecule has 10 heteroatoms. The fraction of sp³-hybridized carbons (Fsp3) is 0.276. The van der Waals surface area contributed by atoms with Gasteiger partial charge >= 0.3 is 0 Å². The maximum Gasteiger partial charge on any atom is 0.287 e. The van der Waals surface area contributed by atoms with Crippen molar-refractivity contribution >= 4 is 34.7 Å². The minimum atomic E-state index is -0.672. The largest absolute Gasteiger partial charge is 0.507 e. The quantitative estimate of drug-likeness (QED) is 0.149. The van der Waals surface area contributed by atoms with Crippen LogP contribution in [0.4, 0.5) is 11.4 Å². The van der Waals surface area contributed by atoms with Crippen LogP contribution < -0.4 is 20.7 Å². The first kappa shape index (κ1) is 27.3. The summed E-state index contributed by atoms with van der Waals surface area (Å²) in [4.78, 5) is 18.1. The predicted octanol–water partition coefficient (Wildman–Crippen LogP) is 4.55. The van der Waals surface area contributed by atoms with E-state index in [1.807, 2.05) is 6.07 Å². The summed E-state index contributed by atoms with van der Waals surface area (Å²) in [5, 5.41) is 39.8. The van der Waals surface area contributed by atoms with Gasteiger partial charge in [-0.1, -0.05) is 25.0 Å². The van der Waals surface area contributed by atoms with Crippen LogP contribution in [-0.2, 0) is 4.79 Å². The summed E-state index contributed by atoms with van der Waals surface area (Å²) in [6.45, 7) is 2.04. The molecule has 0 spiro atoms. The summed E-state index contributed by atoms with van der Waals surface area (Å²) in [5.41, 5.74) is 9.24. The molecule has 2 aromatic carbocycles. The van der Waals surface area contributed by atoms with Gasteiger partial charge in [0.2, 0.25) is 5.88 Å². The zero-order valence-corrected chi connectivity index (χ0v) is 22.0. The Labute approximate surface area is 227 Å². The van der Waals surface area contributed by atoms with Crippen molar-refractivity contribution < 1.29 is 14.6 Å². The Bertz CT molecular complexity index is 1410. The van der Waals surface area contributed by atoms with Gasteiger partial charge in [0.1, 0.15) is 11.6 Å². The highest BCUT2D eigenvalue weighted by Crippen LogP contribution is 2.34. The summed E-state index contributed by atoms with van der Waals surface area (Å²) in [6, 6.07) is 13.4. The highest BCUT2D eigenvalue weighted by Gasteiger charge is 2.28. The van der Waals surface area contributed by atoms with E-state index < -0.39 is 11.7 Å². The number of likely N-dealkylation sites (N-methyl/N-ethyl adjacent to an activating group) is 1. The van der Waals surface area contributed by atoms with E-state index in [1.54, 1.807) is 43.5 Å². The molecule has 0 saturated heterocycles. The van der Waals surface area contributed by atoms with Gasteiger partial charge in [-0.15, -0.1) is 0 Å². The van der Waals surface area contributed by atoms with Gasteiger partial charge in [0.15, 0.2) is 5.84 Å². The maximum absolute atomic E-state index is 12.7. The van der Waals surface area contributed by atoms with Gasteiger partial charge in [-0.05, 0) is 55.7 Å². The van der Waals surface area contributed by atoms with E-state index in [1.165, 1.54) is 19.2 Å². The van der Waals surface area contributed by atoms with E-state index in [-0.39, 0.29) is 28.8 Å². The number of nitrogens with two attached hydrogens (primary N) is 1. The van der Waals surface area contributed by atoms with E-state index in [0.29, 0.717) is 29.4 Å². The Hall–Kier alpha value is -4.73. The van der Waals surface area contributed by atoms with Crippen LogP contribution in [0, 0.1) is 22.1 Å². The lowest BCUT2D eigenvalue weighted by atomic mass is 9.92. The average Bonchev–Trinajstić information content (AvgIpc) is 3.48. The Kier molecular flexibility index (Phi) is 8.24. The SMILES string of the molecule is CCNC(=O)C(=N)N(C(=N)c1cc(C(=N)C2CCCC2)c(N)cc1O)c1ccc(-c2cccnc2OC)cc1. The molecular formula is C29H33N7O3. The van der Waals surface area contributed by atoms with Gasteiger partial charge < -0.3 is 26.3 Å². The van der Waals surface area contributed by atoms with Gasteiger partial charge in [-0.2, -0.15) is 0 Å². The number of hydrogen-bond acceptors (Lipinski definition) is 8. The lowest BCUT2D eigenvalue weighted by Gasteiger charge is -2.26. The molecule has 1 saturated carbocycles. The molecule has 3 aromatic rings. The molecule has 1 aliphatic rings. The van der Waals surface area contributed by atoms with Crippen LogP contribution in [0.2, 0.25) is 0 Å². The first-order valence-electron chi connectivity index (χ1n) is 12.8. The van der Waals surface area contributed by atoms with E-state index in [4.69, 9.17) is 26.7 Å². The average molecular weight is 528 g/mol. The molecule has 7 N–H and O–H groups in total. The molecule has 1 aromatic heterocycles. The number of carbonyl (C=O) groups is 1. The first-order chi connectivity index (χ1) is 18.8. The number of aromatic nitrogens is 1. The van der Waals surface area contributed by atoms with Crippen LogP contribution in [0.3, 0.4) is 0 Å². The number of aromatic hydroxyl groups is 1. The molecule has 1 heterocycles. The summed E-state index contributed by atoms with van der Waals surface area (Å²) in [7, 11) is 1.54. The van der Waals surface area contributed by atoms with Crippen LogP contribution >= 0.6 is 0 Å². The van der Waals surface area contributed by atoms with E-state index >= 15 is 0 Å². The Morgan fingerprint density at radius 1 is 1.13 bits per heavy atom. The summed E-state index contributed by atoms with van der Waals surface area (Å²) in [6.07, 6.45) is 5.52. The number of methoxy groups -OCH3 is 1. The van der Waals surface area contributed by atoms with Crippen molar-refractivity contribution in [3.05, 3.63) is 65.9 Å². The second kappa shape index (κ2) is 11.8. The van der Waals surface area contributed by atoms with Gasteiger partial charge in [0, 0.05) is 52.9 Å². The van der Waals surface area contributed by atoms with Crippen molar-refractivity contribution in [2.45, 2.75) is 32.6 Å². The van der Waals surface area contributed by atoms with Gasteiger partial charge in [-0.3, -0.25) is 20.5 Å². The normalized spacial score (nSPS) is 13.1. The molecule has 4 rings (SSSR count). The molecule has 1 amide bonds. The zero-order valence-electron chi connectivity index (χ0n) is 22.0. The highest BCUT2D eigenvalue weighted by molar-refractivity contribution is 6.48. The summed E-state index contributed by atoms with van der Waals surface area (Å²) >= 11 is 0. The minimum Gasteiger partial charge on any atom is -0.507 e. The van der Waals surface area contributed by atoms with Gasteiger partial charge in [-0.25, -0.2) is 4.98 Å². The van der Waals surface area contributed by atoms with Gasteiger partial charge in [0.25, 0.3) is 5.91 Å². The maximum atomic E-state index is 12.7. The molecule has 0 atom stereocenters. The molecule has 1 aliphatic carbocycles. The number of phenols is 1. The van der Waals surface area contributed by atoms with E-state index in [2.05, 4.69) is 10.3 Å². The number of amides is 1. The second-order valence-electron chi connectivity index (χ2n) is 9.35. The lowest BCUT2D eigenvalue weighted by Crippen LogP contribution is -2.46. The van der Waals surface area contributed by atoms with Crippen LogP contribution in [-0.4, -0.2) is 47.0 Å². The molecule has 202 valence electrons. The van der Waals surface area contributed by atoms with Crippen molar-refractivity contribution in [1.82, 2.24) is 10.3 Å². The topological polar surface area (TPSA) is 172 Å². The number of nitrogen functional groups attached to an aromatic ring is 1. The predicted molar refractivity (Wildman–Crippen MR) is 153 cm³/mol. The van der Waals surface area contributed by atoms with Crippen molar-refractivity contribution in [1.29, 1.82) is 16.2 Å². The third-order valence-corrected chi connectivity index (χ3v) is 6.88. The Morgan fingerprint density at radius 3 is 2.46 bits per heavy atom. The van der Waals surface area contributed by atoms with E-state index in [0.717, 1.165) is 41.7 Å². The number of carbonyl (C=O) groups excluding carboxylic acids is 1. The number of ether oxygens (including phenoxy) is 1. The monoisotopic (exact) mass is 527 g/mol. The van der Waals surface area contributed by atoms with E-state index in [9.17, 15) is 9.90 Å². The van der Waals surface area contributed by atoms with Crippen LogP contribution in [0.25, 0.3) is 11.1 Å². The zero-order chi connectivity index (χ0) is 28.1. The number of pyridine rings is 1. The van der Waals surface area contributed by atoms with Crippen LogP contribution in [0.5, 0.6) is 11.6 Å². The number of nitrogens with zero attached hydrogens (tertiary/aromatic N) is 2. The first-order valence-corrected chi connectivity index (χ1v) is 12.8. The lowest BCUT2D eigenvalue weighted by molar-refractivity contribution is -0.114. The third-order valence-electron chi connectivity index (χ3n) is 6.88. The molecule has 39 heavy (non-hydrogen) atoms. The Balaban J connectivity index is 1.76. The number of nitrogens with one attached hydrogen (secondary N) is 4. The molecule has 0 bridgehead atoms. The Morgan fingerprint density at radius 2 is 1.82 bits per heavy atom. The van der Waals surface area contributed by atoms with Crippen LogP contribution in [0.15, 0.2) is 54.7 Å².